The fourth-order valence-electron chi connectivity index (χ4n) is 4.28. The fourth-order valence-corrected chi connectivity index (χ4v) is 5.51. The number of urea groups is 1. The van der Waals surface area contributed by atoms with E-state index in [1.807, 2.05) is 18.2 Å². The van der Waals surface area contributed by atoms with Crippen molar-refractivity contribution in [1.29, 1.82) is 0 Å². The molecular weight excluding hydrogens is 452 g/mol. The lowest BCUT2D eigenvalue weighted by atomic mass is 10.1. The minimum atomic E-state index is -1.01. The van der Waals surface area contributed by atoms with Gasteiger partial charge < -0.3 is 19.3 Å². The van der Waals surface area contributed by atoms with Crippen molar-refractivity contribution in [3.05, 3.63) is 53.6 Å². The number of carbonyl (C=O) groups is 2. The Morgan fingerprint density at radius 3 is 2.70 bits per heavy atom. The predicted molar refractivity (Wildman–Crippen MR) is 120 cm³/mol. The zero-order valence-corrected chi connectivity index (χ0v) is 18.7. The quantitative estimate of drug-likeness (QED) is 0.676. The molecule has 1 unspecified atom stereocenters. The van der Waals surface area contributed by atoms with Gasteiger partial charge in [0.2, 0.25) is 12.7 Å². The van der Waals surface area contributed by atoms with E-state index in [9.17, 15) is 18.4 Å². The first-order chi connectivity index (χ1) is 16.0. The first-order valence-corrected chi connectivity index (χ1v) is 11.8. The maximum Gasteiger partial charge on any atom is 0.325 e. The topological polar surface area (TPSA) is 62.3 Å². The third kappa shape index (κ3) is 4.44. The second kappa shape index (κ2) is 9.09. The summed E-state index contributed by atoms with van der Waals surface area (Å²) in [6.07, 6.45) is 0.797. The second-order valence-electron chi connectivity index (χ2n) is 8.10. The molecular formula is C23H23F2N3O4S. The number of ether oxygens (including phenoxy) is 2. The van der Waals surface area contributed by atoms with E-state index in [2.05, 4.69) is 0 Å². The molecule has 3 aliphatic heterocycles. The van der Waals surface area contributed by atoms with Crippen LogP contribution in [0.2, 0.25) is 0 Å². The number of fused-ring (bicyclic) bond motifs is 1. The van der Waals surface area contributed by atoms with E-state index in [-0.39, 0.29) is 36.2 Å². The van der Waals surface area contributed by atoms with Gasteiger partial charge in [0.1, 0.15) is 6.54 Å². The number of nitrogens with zero attached hydrogens (tertiary/aromatic N) is 3. The molecule has 0 aliphatic carbocycles. The third-order valence-corrected chi connectivity index (χ3v) is 7.43. The third-order valence-electron chi connectivity index (χ3n) is 6.10. The van der Waals surface area contributed by atoms with Crippen LogP contribution in [0.15, 0.2) is 36.4 Å². The number of amides is 3. The molecule has 3 aliphatic rings. The van der Waals surface area contributed by atoms with Gasteiger partial charge in [-0.25, -0.2) is 13.6 Å². The molecule has 1 atom stereocenters. The molecule has 2 saturated heterocycles. The van der Waals surface area contributed by atoms with Crippen LogP contribution in [0.1, 0.15) is 17.2 Å². The number of hydrogen-bond donors (Lipinski definition) is 0. The number of hydrogen-bond acceptors (Lipinski definition) is 5. The summed E-state index contributed by atoms with van der Waals surface area (Å²) in [5, 5.41) is 0.245. The molecule has 3 amide bonds. The van der Waals surface area contributed by atoms with Crippen molar-refractivity contribution in [3.63, 3.8) is 0 Å². The van der Waals surface area contributed by atoms with Crippen molar-refractivity contribution in [2.24, 2.45) is 0 Å². The molecule has 3 heterocycles. The van der Waals surface area contributed by atoms with Gasteiger partial charge in [-0.3, -0.25) is 9.69 Å². The van der Waals surface area contributed by atoms with E-state index >= 15 is 0 Å². The molecule has 2 aromatic carbocycles. The average molecular weight is 476 g/mol. The summed E-state index contributed by atoms with van der Waals surface area (Å²) >= 11 is 1.80. The van der Waals surface area contributed by atoms with Crippen LogP contribution < -0.4 is 14.4 Å². The van der Waals surface area contributed by atoms with Crippen molar-refractivity contribution in [1.82, 2.24) is 9.80 Å². The Kier molecular flexibility index (Phi) is 6.01. The molecule has 0 N–H and O–H groups in total. The lowest BCUT2D eigenvalue weighted by molar-refractivity contribution is -0.131. The molecule has 2 aromatic rings. The second-order valence-corrected chi connectivity index (χ2v) is 9.41. The van der Waals surface area contributed by atoms with Crippen LogP contribution in [-0.4, -0.2) is 67.0 Å². The normalized spacial score (nSPS) is 20.4. The largest absolute Gasteiger partial charge is 0.454 e. The van der Waals surface area contributed by atoms with Crippen LogP contribution in [0.5, 0.6) is 11.5 Å². The Morgan fingerprint density at radius 2 is 1.85 bits per heavy atom. The van der Waals surface area contributed by atoms with Crippen LogP contribution in [0.3, 0.4) is 0 Å². The van der Waals surface area contributed by atoms with E-state index in [0.717, 1.165) is 41.4 Å². The summed E-state index contributed by atoms with van der Waals surface area (Å²) in [5.74, 6) is 0.219. The van der Waals surface area contributed by atoms with Crippen LogP contribution in [0, 0.1) is 11.6 Å². The Labute approximate surface area is 194 Å². The lowest BCUT2D eigenvalue weighted by Gasteiger charge is -2.24. The predicted octanol–water partition coefficient (Wildman–Crippen LogP) is 3.64. The number of thioether (sulfide) groups is 1. The number of carbonyl (C=O) groups excluding carboxylic acids is 2. The Balaban J connectivity index is 1.18. The number of benzene rings is 2. The average Bonchev–Trinajstić information content (AvgIpc) is 3.33. The number of rotatable bonds is 4. The van der Waals surface area contributed by atoms with Crippen molar-refractivity contribution in [3.8, 4) is 11.5 Å². The molecule has 174 valence electrons. The minimum absolute atomic E-state index is 0.0294. The molecule has 5 rings (SSSR count). The van der Waals surface area contributed by atoms with Gasteiger partial charge in [0, 0.05) is 48.9 Å². The molecule has 0 spiro atoms. The fraction of sp³-hybridized carbons (Fsp3) is 0.391. The van der Waals surface area contributed by atoms with Crippen molar-refractivity contribution in [2.75, 3.05) is 50.2 Å². The highest BCUT2D eigenvalue weighted by molar-refractivity contribution is 7.99. The minimum Gasteiger partial charge on any atom is -0.454 e. The lowest BCUT2D eigenvalue weighted by Crippen LogP contribution is -2.43. The molecule has 33 heavy (non-hydrogen) atoms. The highest BCUT2D eigenvalue weighted by atomic mass is 32.2. The summed E-state index contributed by atoms with van der Waals surface area (Å²) in [4.78, 5) is 30.3. The molecule has 0 saturated carbocycles. The van der Waals surface area contributed by atoms with Gasteiger partial charge in [-0.1, -0.05) is 6.07 Å². The van der Waals surface area contributed by atoms with E-state index in [0.29, 0.717) is 26.2 Å². The molecule has 7 nitrogen and oxygen atoms in total. The van der Waals surface area contributed by atoms with Crippen LogP contribution in [0.4, 0.5) is 19.3 Å². The Hall–Kier alpha value is -3.01. The van der Waals surface area contributed by atoms with Crippen LogP contribution in [-0.2, 0) is 4.79 Å². The van der Waals surface area contributed by atoms with Gasteiger partial charge in [-0.05, 0) is 36.2 Å². The van der Waals surface area contributed by atoms with Crippen molar-refractivity contribution < 1.29 is 27.8 Å². The zero-order valence-electron chi connectivity index (χ0n) is 17.8. The first-order valence-electron chi connectivity index (χ1n) is 10.8. The van der Waals surface area contributed by atoms with Crippen LogP contribution >= 0.6 is 11.8 Å². The van der Waals surface area contributed by atoms with Gasteiger partial charge in [-0.2, -0.15) is 11.8 Å². The number of halogens is 2. The van der Waals surface area contributed by atoms with E-state index in [4.69, 9.17) is 9.47 Å². The van der Waals surface area contributed by atoms with Crippen LogP contribution in [0.25, 0.3) is 0 Å². The highest BCUT2D eigenvalue weighted by Crippen LogP contribution is 2.40. The van der Waals surface area contributed by atoms with Gasteiger partial charge >= 0.3 is 6.03 Å². The number of anilines is 1. The zero-order chi connectivity index (χ0) is 22.9. The van der Waals surface area contributed by atoms with Crippen molar-refractivity contribution >= 4 is 29.4 Å². The SMILES string of the molecule is O=C(CN1CCN(c2ccc(F)c(F)c2)C1=O)N1CCSC(c2ccc3c(c2)OCO3)CC1. The van der Waals surface area contributed by atoms with Gasteiger partial charge in [0.25, 0.3) is 0 Å². The van der Waals surface area contributed by atoms with E-state index < -0.39 is 11.6 Å². The maximum absolute atomic E-state index is 13.6. The molecule has 0 bridgehead atoms. The van der Waals surface area contributed by atoms with Gasteiger partial charge in [0.05, 0.1) is 0 Å². The summed E-state index contributed by atoms with van der Waals surface area (Å²) in [5.41, 5.74) is 1.43. The summed E-state index contributed by atoms with van der Waals surface area (Å²) in [6, 6.07) is 8.95. The maximum atomic E-state index is 13.6. The Bertz CT molecular complexity index is 1090. The molecule has 10 heteroatoms. The summed E-state index contributed by atoms with van der Waals surface area (Å²) in [6.45, 7) is 2.09. The van der Waals surface area contributed by atoms with E-state index in [1.165, 1.54) is 15.9 Å². The van der Waals surface area contributed by atoms with E-state index in [1.54, 1.807) is 16.7 Å². The molecule has 2 fully saturated rings. The standard InChI is InChI=1S/C23H23F2N3O4S/c24-17-3-2-16(12-18(17)25)28-8-7-27(23(28)30)13-22(29)26-6-5-21(33-10-9-26)15-1-4-19-20(11-15)32-14-31-19/h1-4,11-12,21H,5-10,13-14H2. The first kappa shape index (κ1) is 21.8. The summed E-state index contributed by atoms with van der Waals surface area (Å²) < 4.78 is 37.6. The smallest absolute Gasteiger partial charge is 0.325 e. The summed E-state index contributed by atoms with van der Waals surface area (Å²) in [7, 11) is 0. The monoisotopic (exact) mass is 475 g/mol. The molecule has 0 aromatic heterocycles. The Morgan fingerprint density at radius 1 is 1.00 bits per heavy atom. The highest BCUT2D eigenvalue weighted by Gasteiger charge is 2.33. The van der Waals surface area contributed by atoms with Gasteiger partial charge in [-0.15, -0.1) is 0 Å². The van der Waals surface area contributed by atoms with Gasteiger partial charge in [0.15, 0.2) is 23.1 Å². The van der Waals surface area contributed by atoms with Crippen molar-refractivity contribution in [2.45, 2.75) is 11.7 Å². The molecule has 0 radical (unpaired) electrons.